The maximum atomic E-state index is 10.7. The molecule has 0 aliphatic heterocycles. The van der Waals surface area contributed by atoms with Crippen LogP contribution in [0.1, 0.15) is 21.5 Å². The summed E-state index contributed by atoms with van der Waals surface area (Å²) in [4.78, 5) is 10.7. The van der Waals surface area contributed by atoms with E-state index in [0.717, 1.165) is 17.4 Å². The summed E-state index contributed by atoms with van der Waals surface area (Å²) in [5, 5.41) is 8.59. The number of hydrogen-bond donors (Lipinski definition) is 0. The molecule has 0 heterocycles. The van der Waals surface area contributed by atoms with E-state index < -0.39 is 0 Å². The van der Waals surface area contributed by atoms with Gasteiger partial charge in [-0.2, -0.15) is 5.26 Å². The van der Waals surface area contributed by atoms with E-state index in [1.807, 2.05) is 6.92 Å². The zero-order valence-electron chi connectivity index (χ0n) is 8.20. The largest absolute Gasteiger partial charge is 0.497 e. The van der Waals surface area contributed by atoms with Gasteiger partial charge in [-0.3, -0.25) is 4.79 Å². The fourth-order valence-electron chi connectivity index (χ4n) is 1.28. The Bertz CT molecular complexity index is 391. The fraction of sp³-hybridized carbons (Fsp3) is 0.273. The minimum atomic E-state index is 0.296. The Kier molecular flexibility index (Phi) is 3.24. The third-order valence-electron chi connectivity index (χ3n) is 2.16. The molecule has 0 aromatic heterocycles. The van der Waals surface area contributed by atoms with Crippen LogP contribution in [0.25, 0.3) is 0 Å². The Morgan fingerprint density at radius 3 is 2.79 bits per heavy atom. The van der Waals surface area contributed by atoms with E-state index >= 15 is 0 Å². The quantitative estimate of drug-likeness (QED) is 0.682. The monoisotopic (exact) mass is 189 g/mol. The molecule has 0 unspecified atom stereocenters. The molecule has 0 spiro atoms. The molecular weight excluding hydrogens is 178 g/mol. The minimum Gasteiger partial charge on any atom is -0.497 e. The highest BCUT2D eigenvalue weighted by Gasteiger charge is 2.06. The minimum absolute atomic E-state index is 0.296. The molecule has 14 heavy (non-hydrogen) atoms. The van der Waals surface area contributed by atoms with Gasteiger partial charge in [-0.1, -0.05) is 0 Å². The molecule has 1 aromatic carbocycles. The van der Waals surface area contributed by atoms with Gasteiger partial charge >= 0.3 is 0 Å². The lowest BCUT2D eigenvalue weighted by Gasteiger charge is -2.07. The Hall–Kier alpha value is -1.82. The van der Waals surface area contributed by atoms with Gasteiger partial charge in [-0.15, -0.1) is 0 Å². The molecule has 0 bridgehead atoms. The molecule has 0 atom stereocenters. The van der Waals surface area contributed by atoms with Gasteiger partial charge in [0.1, 0.15) is 12.0 Å². The molecule has 1 rings (SSSR count). The molecule has 1 aromatic rings. The second-order valence-corrected chi connectivity index (χ2v) is 2.95. The molecule has 0 saturated heterocycles. The van der Waals surface area contributed by atoms with E-state index in [1.165, 1.54) is 7.11 Å². The van der Waals surface area contributed by atoms with Crippen molar-refractivity contribution < 1.29 is 9.53 Å². The third kappa shape index (κ3) is 1.91. The number of hydrogen-bond acceptors (Lipinski definition) is 3. The summed E-state index contributed by atoms with van der Waals surface area (Å²) >= 11 is 0. The van der Waals surface area contributed by atoms with Gasteiger partial charge in [-0.05, 0) is 30.2 Å². The van der Waals surface area contributed by atoms with Gasteiger partial charge in [0.2, 0.25) is 0 Å². The van der Waals surface area contributed by atoms with Crippen molar-refractivity contribution in [3.8, 4) is 11.8 Å². The van der Waals surface area contributed by atoms with E-state index in [9.17, 15) is 4.79 Å². The zero-order valence-corrected chi connectivity index (χ0v) is 8.20. The summed E-state index contributed by atoms with van der Waals surface area (Å²) in [7, 11) is 1.54. The Balaban J connectivity index is 3.27. The molecule has 3 nitrogen and oxygen atoms in total. The zero-order chi connectivity index (χ0) is 10.6. The molecule has 0 saturated carbocycles. The highest BCUT2D eigenvalue weighted by Crippen LogP contribution is 2.21. The van der Waals surface area contributed by atoms with Gasteiger partial charge in [0.15, 0.2) is 0 Å². The summed E-state index contributed by atoms with van der Waals surface area (Å²) in [6.45, 7) is 1.83. The maximum absolute atomic E-state index is 10.7. The molecule has 0 fully saturated rings. The smallest absolute Gasteiger partial charge is 0.150 e. The average molecular weight is 189 g/mol. The SMILES string of the molecule is COc1cc(C=O)c(C)c(CC#N)c1. The Morgan fingerprint density at radius 1 is 1.57 bits per heavy atom. The summed E-state index contributed by atoms with van der Waals surface area (Å²) in [6, 6.07) is 5.51. The average Bonchev–Trinajstić information content (AvgIpc) is 2.21. The first kappa shape index (κ1) is 10.3. The normalized spacial score (nSPS) is 9.21. The third-order valence-corrected chi connectivity index (χ3v) is 2.16. The molecule has 3 heteroatoms. The van der Waals surface area contributed by atoms with Crippen molar-refractivity contribution in [3.63, 3.8) is 0 Å². The molecular formula is C11H11NO2. The lowest BCUT2D eigenvalue weighted by Crippen LogP contribution is -1.96. The van der Waals surface area contributed by atoms with Gasteiger partial charge in [-0.25, -0.2) is 0 Å². The second kappa shape index (κ2) is 4.43. The number of carbonyl (C=O) groups excluding carboxylic acids is 1. The van der Waals surface area contributed by atoms with Crippen LogP contribution in [0.3, 0.4) is 0 Å². The van der Waals surface area contributed by atoms with Crippen LogP contribution >= 0.6 is 0 Å². The lowest BCUT2D eigenvalue weighted by atomic mass is 10.0. The first-order valence-electron chi connectivity index (χ1n) is 4.22. The number of carbonyl (C=O) groups is 1. The van der Waals surface area contributed by atoms with E-state index in [0.29, 0.717) is 17.7 Å². The molecule has 0 aliphatic rings. The molecule has 0 N–H and O–H groups in total. The number of rotatable bonds is 3. The standard InChI is InChI=1S/C11H11NO2/c1-8-9(3-4-12)5-11(14-2)6-10(8)7-13/h5-7H,3H2,1-2H3. The van der Waals surface area contributed by atoms with Crippen molar-refractivity contribution in [1.82, 2.24) is 0 Å². The van der Waals surface area contributed by atoms with Crippen molar-refractivity contribution in [1.29, 1.82) is 5.26 Å². The van der Waals surface area contributed by atoms with E-state index in [4.69, 9.17) is 10.00 Å². The summed E-state index contributed by atoms with van der Waals surface area (Å²) in [5.74, 6) is 0.614. The van der Waals surface area contributed by atoms with Gasteiger partial charge in [0.25, 0.3) is 0 Å². The highest BCUT2D eigenvalue weighted by atomic mass is 16.5. The van der Waals surface area contributed by atoms with Gasteiger partial charge in [0, 0.05) is 5.56 Å². The van der Waals surface area contributed by atoms with Crippen molar-refractivity contribution in [2.45, 2.75) is 13.3 Å². The molecule has 0 aliphatic carbocycles. The van der Waals surface area contributed by atoms with Crippen LogP contribution in [-0.4, -0.2) is 13.4 Å². The Morgan fingerprint density at radius 2 is 2.29 bits per heavy atom. The summed E-state index contributed by atoms with van der Waals surface area (Å²) < 4.78 is 5.03. The van der Waals surface area contributed by atoms with Crippen LogP contribution in [0.4, 0.5) is 0 Å². The summed E-state index contributed by atoms with van der Waals surface area (Å²) in [5.41, 5.74) is 2.27. The number of ether oxygens (including phenoxy) is 1. The highest BCUT2D eigenvalue weighted by molar-refractivity contribution is 5.78. The summed E-state index contributed by atoms with van der Waals surface area (Å²) in [6.07, 6.45) is 1.07. The molecule has 72 valence electrons. The van der Waals surface area contributed by atoms with Gasteiger partial charge < -0.3 is 4.74 Å². The first-order valence-corrected chi connectivity index (χ1v) is 4.22. The van der Waals surface area contributed by atoms with E-state index in [1.54, 1.807) is 12.1 Å². The number of aldehydes is 1. The van der Waals surface area contributed by atoms with E-state index in [2.05, 4.69) is 6.07 Å². The van der Waals surface area contributed by atoms with Crippen LogP contribution in [-0.2, 0) is 6.42 Å². The molecule has 0 radical (unpaired) electrons. The second-order valence-electron chi connectivity index (χ2n) is 2.95. The van der Waals surface area contributed by atoms with Crippen molar-refractivity contribution in [2.75, 3.05) is 7.11 Å². The maximum Gasteiger partial charge on any atom is 0.150 e. The van der Waals surface area contributed by atoms with Gasteiger partial charge in [0.05, 0.1) is 19.6 Å². The predicted octanol–water partition coefficient (Wildman–Crippen LogP) is 1.88. The van der Waals surface area contributed by atoms with Crippen LogP contribution in [0.2, 0.25) is 0 Å². The first-order chi connectivity index (χ1) is 6.72. The molecule has 0 amide bonds. The number of benzene rings is 1. The van der Waals surface area contributed by atoms with Crippen molar-refractivity contribution >= 4 is 6.29 Å². The van der Waals surface area contributed by atoms with Crippen molar-refractivity contribution in [3.05, 3.63) is 28.8 Å². The van der Waals surface area contributed by atoms with Crippen LogP contribution in [0.15, 0.2) is 12.1 Å². The van der Waals surface area contributed by atoms with Crippen LogP contribution in [0.5, 0.6) is 5.75 Å². The predicted molar refractivity (Wildman–Crippen MR) is 52.4 cm³/mol. The number of nitrogens with zero attached hydrogens (tertiary/aromatic N) is 1. The topological polar surface area (TPSA) is 50.1 Å². The van der Waals surface area contributed by atoms with E-state index in [-0.39, 0.29) is 0 Å². The lowest BCUT2D eigenvalue weighted by molar-refractivity contribution is 0.112. The van der Waals surface area contributed by atoms with Crippen molar-refractivity contribution in [2.24, 2.45) is 0 Å². The van der Waals surface area contributed by atoms with Crippen LogP contribution < -0.4 is 4.74 Å². The van der Waals surface area contributed by atoms with Crippen LogP contribution in [0, 0.1) is 18.3 Å². The Labute approximate surface area is 82.9 Å². The number of methoxy groups -OCH3 is 1. The fourth-order valence-corrected chi connectivity index (χ4v) is 1.28. The number of nitriles is 1.